The lowest BCUT2D eigenvalue weighted by molar-refractivity contribution is -0.201. The maximum atomic E-state index is 13.3. The summed E-state index contributed by atoms with van der Waals surface area (Å²) >= 11 is 0. The first-order chi connectivity index (χ1) is 19.2. The van der Waals surface area contributed by atoms with Crippen LogP contribution in [0.15, 0.2) is 72.1 Å². The predicted molar refractivity (Wildman–Crippen MR) is 134 cm³/mol. The molecule has 2 amide bonds. The van der Waals surface area contributed by atoms with Crippen molar-refractivity contribution >= 4 is 29.5 Å². The van der Waals surface area contributed by atoms with Crippen molar-refractivity contribution in [1.29, 1.82) is 0 Å². The lowest BCUT2D eigenvalue weighted by Crippen LogP contribution is -2.31. The Morgan fingerprint density at radius 3 is 2.67 bits per heavy atom. The van der Waals surface area contributed by atoms with Gasteiger partial charge in [0.2, 0.25) is 0 Å². The second-order valence-electron chi connectivity index (χ2n) is 8.51. The van der Waals surface area contributed by atoms with Gasteiger partial charge in [-0.3, -0.25) is 0 Å². The van der Waals surface area contributed by atoms with Gasteiger partial charge in [-0.2, -0.15) is 23.4 Å². The number of hydrazone groups is 1. The predicted octanol–water partition coefficient (Wildman–Crippen LogP) is 4.84. The molecule has 202 valence electrons. The fourth-order valence-electron chi connectivity index (χ4n) is 3.92. The highest BCUT2D eigenvalue weighted by Crippen LogP contribution is 2.29. The van der Waals surface area contributed by atoms with E-state index in [-0.39, 0.29) is 16.8 Å². The molecule has 2 aromatic heterocycles. The number of fused-ring (bicyclic) bond motifs is 1. The van der Waals surface area contributed by atoms with Crippen LogP contribution in [-0.2, 0) is 16.1 Å². The molecule has 2 aromatic carbocycles. The summed E-state index contributed by atoms with van der Waals surface area (Å²) in [5, 5.41) is 12.2. The van der Waals surface area contributed by atoms with Gasteiger partial charge in [-0.05, 0) is 47.9 Å². The van der Waals surface area contributed by atoms with Crippen LogP contribution in [0, 0.1) is 17.7 Å². The van der Waals surface area contributed by atoms with Crippen molar-refractivity contribution < 1.29 is 31.9 Å². The molecular weight excluding hydrogens is 532 g/mol. The third-order valence-corrected chi connectivity index (χ3v) is 5.85. The maximum Gasteiger partial charge on any atom is 0.490 e. The van der Waals surface area contributed by atoms with Crippen LogP contribution in [0.2, 0.25) is 0 Å². The summed E-state index contributed by atoms with van der Waals surface area (Å²) in [5.41, 5.74) is 2.25. The van der Waals surface area contributed by atoms with Gasteiger partial charge >= 0.3 is 18.2 Å². The number of carbonyl (C=O) groups excluding carboxylic acids is 2. The third kappa shape index (κ3) is 5.75. The summed E-state index contributed by atoms with van der Waals surface area (Å²) in [6.45, 7) is -0.703. The molecule has 0 saturated heterocycles. The van der Waals surface area contributed by atoms with E-state index in [4.69, 9.17) is 0 Å². The molecule has 4 aromatic rings. The summed E-state index contributed by atoms with van der Waals surface area (Å²) in [4.78, 5) is 28.5. The third-order valence-electron chi connectivity index (χ3n) is 5.85. The number of rotatable bonds is 4. The number of halogens is 4. The molecular formula is C27H18F4N6O3. The van der Waals surface area contributed by atoms with E-state index in [1.54, 1.807) is 30.5 Å². The van der Waals surface area contributed by atoms with E-state index in [0.29, 0.717) is 23.3 Å². The van der Waals surface area contributed by atoms with Gasteiger partial charge in [0.25, 0.3) is 0 Å². The number of anilines is 1. The van der Waals surface area contributed by atoms with Crippen LogP contribution < -0.4 is 5.32 Å². The minimum Gasteiger partial charge on any atom is -0.454 e. The van der Waals surface area contributed by atoms with Crippen molar-refractivity contribution in [3.05, 3.63) is 95.2 Å². The minimum atomic E-state index is -5.15. The molecule has 0 fully saturated rings. The smallest absolute Gasteiger partial charge is 0.454 e. The molecule has 0 aliphatic carbocycles. The summed E-state index contributed by atoms with van der Waals surface area (Å²) in [6.07, 6.45) is -0.151. The summed E-state index contributed by atoms with van der Waals surface area (Å²) in [6, 6.07) is 12.3. The highest BCUT2D eigenvalue weighted by Gasteiger charge is 2.41. The van der Waals surface area contributed by atoms with Crippen LogP contribution in [0.25, 0.3) is 5.65 Å². The normalized spacial score (nSPS) is 14.6. The van der Waals surface area contributed by atoms with Crippen LogP contribution >= 0.6 is 0 Å². The highest BCUT2D eigenvalue weighted by molar-refractivity contribution is 5.91. The molecule has 5 rings (SSSR count). The van der Waals surface area contributed by atoms with Crippen LogP contribution in [0.4, 0.5) is 28.0 Å². The lowest BCUT2D eigenvalue weighted by atomic mass is 10.0. The largest absolute Gasteiger partial charge is 0.490 e. The van der Waals surface area contributed by atoms with Gasteiger partial charge in [-0.15, -0.1) is 0 Å². The Bertz CT molecular complexity index is 1670. The number of ether oxygens (including phenoxy) is 1. The van der Waals surface area contributed by atoms with Crippen LogP contribution in [0.1, 0.15) is 34.8 Å². The molecule has 1 aliphatic rings. The van der Waals surface area contributed by atoms with E-state index in [0.717, 1.165) is 0 Å². The number of nitrogens with one attached hydrogen (secondary N) is 1. The SMILES string of the molecule is O=C(Nc1ccc(COC(=O)C(F)(F)F)c(C#Cc2cnc3cccnn23)c1)N1N=CC[C@H]1c1ccc(F)cc1. The van der Waals surface area contributed by atoms with Crippen molar-refractivity contribution in [2.45, 2.75) is 25.2 Å². The zero-order valence-electron chi connectivity index (χ0n) is 20.4. The number of esters is 1. The van der Waals surface area contributed by atoms with E-state index in [9.17, 15) is 27.2 Å². The number of urea groups is 1. The fourth-order valence-corrected chi connectivity index (χ4v) is 3.92. The number of benzene rings is 2. The van der Waals surface area contributed by atoms with Gasteiger partial charge < -0.3 is 10.1 Å². The Labute approximate surface area is 224 Å². The van der Waals surface area contributed by atoms with Crippen molar-refractivity contribution in [2.75, 3.05) is 5.32 Å². The first-order valence-corrected chi connectivity index (χ1v) is 11.7. The Balaban J connectivity index is 1.41. The average molecular weight is 550 g/mol. The summed E-state index contributed by atoms with van der Waals surface area (Å²) < 4.78 is 57.2. The van der Waals surface area contributed by atoms with Gasteiger partial charge in [-0.1, -0.05) is 24.1 Å². The minimum absolute atomic E-state index is 0.174. The first kappa shape index (κ1) is 26.4. The summed E-state index contributed by atoms with van der Waals surface area (Å²) in [5.74, 6) is 2.95. The van der Waals surface area contributed by atoms with E-state index >= 15 is 0 Å². The number of nitrogens with zero attached hydrogens (tertiary/aromatic N) is 5. The average Bonchev–Trinajstić information content (AvgIpc) is 3.59. The van der Waals surface area contributed by atoms with Crippen molar-refractivity contribution in [2.24, 2.45) is 5.10 Å². The molecule has 9 nitrogen and oxygen atoms in total. The second-order valence-corrected chi connectivity index (χ2v) is 8.51. The quantitative estimate of drug-likeness (QED) is 0.223. The molecule has 3 heterocycles. The molecule has 0 bridgehead atoms. The molecule has 0 unspecified atom stereocenters. The first-order valence-electron chi connectivity index (χ1n) is 11.7. The molecule has 40 heavy (non-hydrogen) atoms. The van der Waals surface area contributed by atoms with Crippen molar-refractivity contribution in [3.63, 3.8) is 0 Å². The molecule has 0 saturated carbocycles. The van der Waals surface area contributed by atoms with Gasteiger partial charge in [0.1, 0.15) is 18.1 Å². The lowest BCUT2D eigenvalue weighted by Gasteiger charge is -2.22. The van der Waals surface area contributed by atoms with Gasteiger partial charge in [0, 0.05) is 35.6 Å². The Kier molecular flexibility index (Phi) is 7.15. The Morgan fingerprint density at radius 1 is 1.10 bits per heavy atom. The van der Waals surface area contributed by atoms with E-state index in [1.807, 2.05) is 0 Å². The fraction of sp³-hybridized carbons (Fsp3) is 0.148. The van der Waals surface area contributed by atoms with Crippen LogP contribution in [0.5, 0.6) is 0 Å². The second kappa shape index (κ2) is 10.9. The molecule has 1 N–H and O–H groups in total. The monoisotopic (exact) mass is 550 g/mol. The zero-order chi connectivity index (χ0) is 28.3. The summed E-state index contributed by atoms with van der Waals surface area (Å²) in [7, 11) is 0. The van der Waals surface area contributed by atoms with E-state index < -0.39 is 36.6 Å². The molecule has 0 spiro atoms. The zero-order valence-corrected chi connectivity index (χ0v) is 20.4. The maximum absolute atomic E-state index is 13.3. The number of hydrogen-bond donors (Lipinski definition) is 1. The van der Waals surface area contributed by atoms with Gasteiger partial charge in [0.15, 0.2) is 5.65 Å². The van der Waals surface area contributed by atoms with Crippen molar-refractivity contribution in [1.82, 2.24) is 19.6 Å². The molecule has 1 atom stereocenters. The molecule has 0 radical (unpaired) electrons. The molecule has 13 heteroatoms. The number of imidazole rings is 1. The van der Waals surface area contributed by atoms with Crippen LogP contribution in [-0.4, -0.2) is 44.0 Å². The van der Waals surface area contributed by atoms with Crippen LogP contribution in [0.3, 0.4) is 0 Å². The van der Waals surface area contributed by atoms with E-state index in [2.05, 4.69) is 37.1 Å². The Hall–Kier alpha value is -5.25. The number of aromatic nitrogens is 3. The Morgan fingerprint density at radius 2 is 1.90 bits per heavy atom. The number of alkyl halides is 3. The van der Waals surface area contributed by atoms with E-state index in [1.165, 1.54) is 52.2 Å². The van der Waals surface area contributed by atoms with Crippen molar-refractivity contribution in [3.8, 4) is 11.8 Å². The standard InChI is InChI=1S/C27H18F4N6O3/c28-20-7-3-17(4-8-20)23-11-13-34-37(23)26(39)35-21-9-5-19(16-40-25(38)27(29,30)31)18(14-21)6-10-22-15-32-24-2-1-12-33-36(22)24/h1-5,7-9,12-15,23H,11,16H2,(H,35,39)/t23-/m0/s1. The number of carbonyl (C=O) groups is 2. The molecule has 1 aliphatic heterocycles. The number of amides is 2. The van der Waals surface area contributed by atoms with Gasteiger partial charge in [0.05, 0.1) is 12.2 Å². The van der Waals surface area contributed by atoms with Gasteiger partial charge in [-0.25, -0.2) is 28.5 Å². The highest BCUT2D eigenvalue weighted by atomic mass is 19.4. The number of hydrogen-bond acceptors (Lipinski definition) is 6. The topological polar surface area (TPSA) is 101 Å².